The summed E-state index contributed by atoms with van der Waals surface area (Å²) in [6.45, 7) is 10.7. The summed E-state index contributed by atoms with van der Waals surface area (Å²) in [6, 6.07) is 30.6. The van der Waals surface area contributed by atoms with Gasteiger partial charge in [-0.05, 0) is 40.7 Å². The number of fused-ring (bicyclic) bond motifs is 3. The van der Waals surface area contributed by atoms with E-state index in [-0.39, 0.29) is 25.9 Å². The molecule has 0 saturated heterocycles. The van der Waals surface area contributed by atoms with Gasteiger partial charge in [0.25, 0.3) is 0 Å². The Morgan fingerprint density at radius 2 is 1.70 bits per heavy atom. The van der Waals surface area contributed by atoms with E-state index in [0.717, 1.165) is 33.2 Å². The molecule has 0 amide bonds. The molecule has 40 heavy (non-hydrogen) atoms. The summed E-state index contributed by atoms with van der Waals surface area (Å²) in [5, 5.41) is 3.15. The average molecular weight is 724 g/mol. The molecule has 0 aliphatic rings. The second-order valence-electron chi connectivity index (χ2n) is 10.7. The molecule has 1 radical (unpaired) electrons. The van der Waals surface area contributed by atoms with Crippen molar-refractivity contribution < 1.29 is 30.3 Å². The van der Waals surface area contributed by atoms with E-state index in [2.05, 4.69) is 53.9 Å². The van der Waals surface area contributed by atoms with Gasteiger partial charge in [0.1, 0.15) is 11.4 Å². The average Bonchev–Trinajstić information content (AvgIpc) is 3.31. The second-order valence-corrected chi connectivity index (χ2v) is 15.8. The van der Waals surface area contributed by atoms with Crippen LogP contribution in [0.4, 0.5) is 4.39 Å². The number of halogens is 1. The van der Waals surface area contributed by atoms with Crippen LogP contribution in [-0.4, -0.2) is 18.0 Å². The van der Waals surface area contributed by atoms with E-state index in [9.17, 15) is 4.39 Å². The Morgan fingerprint density at radius 1 is 0.875 bits per heavy atom. The summed E-state index contributed by atoms with van der Waals surface area (Å²) < 4.78 is 27.6. The Bertz CT molecular complexity index is 1780. The maximum absolute atomic E-state index is 13.5. The molecule has 0 aliphatic heterocycles. The van der Waals surface area contributed by atoms with Gasteiger partial charge >= 0.3 is 0 Å². The molecule has 205 valence electrons. The van der Waals surface area contributed by atoms with E-state index in [1.165, 1.54) is 17.3 Å². The quantitative estimate of drug-likeness (QED) is 0.135. The first-order valence-corrected chi connectivity index (χ1v) is 16.4. The van der Waals surface area contributed by atoms with E-state index in [0.29, 0.717) is 16.9 Å². The fraction of sp³-hybridized carbons (Fsp3) is 0.176. The fourth-order valence-corrected chi connectivity index (χ4v) is 5.37. The van der Waals surface area contributed by atoms with E-state index >= 15 is 0 Å². The Balaban J connectivity index is 0.000000200. The van der Waals surface area contributed by atoms with Crippen molar-refractivity contribution in [3.05, 3.63) is 115 Å². The zero-order valence-electron chi connectivity index (χ0n) is 24.2. The van der Waals surface area contributed by atoms with Crippen LogP contribution < -0.4 is 5.19 Å². The van der Waals surface area contributed by atoms with Crippen molar-refractivity contribution in [2.24, 2.45) is 0 Å². The van der Waals surface area contributed by atoms with Gasteiger partial charge < -0.3 is 14.4 Å². The summed E-state index contributed by atoms with van der Waals surface area (Å²) >= 11 is 0. The van der Waals surface area contributed by atoms with E-state index in [1.807, 2.05) is 68.6 Å². The molecule has 0 aliphatic carbocycles. The van der Waals surface area contributed by atoms with E-state index in [4.69, 9.17) is 5.79 Å². The Hall–Kier alpha value is -3.44. The topological polar surface area (TPSA) is 38.9 Å². The van der Waals surface area contributed by atoms with Crippen molar-refractivity contribution in [2.75, 3.05) is 0 Å². The SMILES string of the molecule is C[Si](C)(C)c1ccc(-c2[c-]cccc2)nc1.[2H]C(C)(C)c1ccnc(-c2[c-]ccc3c2oc2cc(F)ccc23)c1.[Ir]. The number of furan rings is 1. The minimum atomic E-state index is -1.23. The van der Waals surface area contributed by atoms with Gasteiger partial charge in [0.15, 0.2) is 0 Å². The largest absolute Gasteiger partial charge is 0.500 e. The Kier molecular flexibility index (Phi) is 8.70. The van der Waals surface area contributed by atoms with Crippen LogP contribution in [0.2, 0.25) is 19.6 Å². The minimum absolute atomic E-state index is 0. The predicted octanol–water partition coefficient (Wildman–Crippen LogP) is 8.80. The van der Waals surface area contributed by atoms with Gasteiger partial charge in [-0.1, -0.05) is 68.2 Å². The number of rotatable bonds is 4. The van der Waals surface area contributed by atoms with Crippen molar-refractivity contribution in [2.45, 2.75) is 39.4 Å². The van der Waals surface area contributed by atoms with Crippen LogP contribution in [0.1, 0.15) is 26.7 Å². The first-order chi connectivity index (χ1) is 19.0. The molecule has 0 bridgehead atoms. The Morgan fingerprint density at radius 3 is 2.38 bits per heavy atom. The van der Waals surface area contributed by atoms with Gasteiger partial charge in [-0.2, -0.15) is 0 Å². The number of hydrogen-bond acceptors (Lipinski definition) is 3. The van der Waals surface area contributed by atoms with Gasteiger partial charge in [-0.25, -0.2) is 4.39 Å². The molecule has 6 heteroatoms. The predicted molar refractivity (Wildman–Crippen MR) is 161 cm³/mol. The molecule has 0 saturated carbocycles. The first kappa shape index (κ1) is 28.1. The van der Waals surface area contributed by atoms with Gasteiger partial charge in [0, 0.05) is 45.3 Å². The maximum Gasteiger partial charge on any atom is 0.126 e. The van der Waals surface area contributed by atoms with Crippen LogP contribution in [0, 0.1) is 17.9 Å². The summed E-state index contributed by atoms with van der Waals surface area (Å²) in [5.74, 6) is -1.05. The van der Waals surface area contributed by atoms with E-state index < -0.39 is 14.0 Å². The van der Waals surface area contributed by atoms with Crippen LogP contribution in [0.3, 0.4) is 0 Å². The standard InChI is InChI=1S/C20H15FNO.C14H16NSi.Ir/c1-12(2)13-8-9-22-18(10-13)17-5-3-4-16-15-7-6-14(21)11-19(15)23-20(16)17;1-16(2,3)13-9-10-14(15-11-13)12-7-5-4-6-8-12;/h3-4,6-12H,1-2H3;4-7,9-11H,1-3H3;/q2*-1;/i12D;;. The van der Waals surface area contributed by atoms with Crippen LogP contribution >= 0.6 is 0 Å². The minimum Gasteiger partial charge on any atom is -0.500 e. The van der Waals surface area contributed by atoms with Crippen molar-refractivity contribution in [3.63, 3.8) is 0 Å². The van der Waals surface area contributed by atoms with E-state index in [1.54, 1.807) is 12.3 Å². The molecular weight excluding hydrogens is 692 g/mol. The number of aromatic nitrogens is 2. The summed E-state index contributed by atoms with van der Waals surface area (Å²) in [5.41, 5.74) is 5.47. The molecule has 3 aromatic carbocycles. The molecule has 3 nitrogen and oxygen atoms in total. The zero-order chi connectivity index (χ0) is 28.5. The number of pyridine rings is 2. The van der Waals surface area contributed by atoms with Crippen LogP contribution in [-0.2, 0) is 20.1 Å². The van der Waals surface area contributed by atoms with Gasteiger partial charge in [-0.15, -0.1) is 54.1 Å². The molecule has 0 fully saturated rings. The van der Waals surface area contributed by atoms with Crippen LogP contribution in [0.15, 0.2) is 95.7 Å². The fourth-order valence-electron chi connectivity index (χ4n) is 4.33. The van der Waals surface area contributed by atoms with Gasteiger partial charge in [0.05, 0.1) is 13.7 Å². The third-order valence-corrected chi connectivity index (χ3v) is 8.63. The molecule has 6 aromatic rings. The van der Waals surface area contributed by atoms with Crippen molar-refractivity contribution in [1.82, 2.24) is 9.97 Å². The first-order valence-electron chi connectivity index (χ1n) is 13.4. The summed E-state index contributed by atoms with van der Waals surface area (Å²) in [6.07, 6.45) is 3.71. The molecular formula is C34H31FIrN2OSi-2. The van der Waals surface area contributed by atoms with Gasteiger partial charge in [-0.3, -0.25) is 0 Å². The van der Waals surface area contributed by atoms with Crippen LogP contribution in [0.5, 0.6) is 0 Å². The number of benzene rings is 3. The molecule has 6 rings (SSSR count). The zero-order valence-corrected chi connectivity index (χ0v) is 26.6. The molecule has 0 N–H and O–H groups in total. The third-order valence-electron chi connectivity index (χ3n) is 6.60. The van der Waals surface area contributed by atoms with Crippen molar-refractivity contribution in [3.8, 4) is 22.5 Å². The third kappa shape index (κ3) is 6.47. The number of hydrogen-bond donors (Lipinski definition) is 0. The molecule has 0 spiro atoms. The summed E-state index contributed by atoms with van der Waals surface area (Å²) in [7, 11) is -1.23. The summed E-state index contributed by atoms with van der Waals surface area (Å²) in [4.78, 5) is 8.93. The molecule has 0 unspecified atom stereocenters. The smallest absolute Gasteiger partial charge is 0.126 e. The van der Waals surface area contributed by atoms with Crippen molar-refractivity contribution in [1.29, 1.82) is 0 Å². The second kappa shape index (κ2) is 12.4. The Labute approximate surface area is 251 Å². The monoisotopic (exact) mass is 724 g/mol. The van der Waals surface area contributed by atoms with Crippen LogP contribution in [0.25, 0.3) is 44.5 Å². The number of nitrogens with zero attached hydrogens (tertiary/aromatic N) is 2. The van der Waals surface area contributed by atoms with Gasteiger partial charge in [0.2, 0.25) is 0 Å². The van der Waals surface area contributed by atoms with Crippen molar-refractivity contribution >= 4 is 35.2 Å². The molecule has 3 heterocycles. The maximum atomic E-state index is 13.5. The molecule has 0 atom stereocenters. The normalized spacial score (nSPS) is 11.9. The molecule has 3 aromatic heterocycles.